The Labute approximate surface area is 182 Å². The van der Waals surface area contributed by atoms with E-state index in [1.807, 2.05) is 0 Å². The third-order valence-electron chi connectivity index (χ3n) is 8.60. The second kappa shape index (κ2) is 8.27. The van der Waals surface area contributed by atoms with E-state index in [0.29, 0.717) is 18.5 Å². The first kappa shape index (κ1) is 20.5. The molecule has 6 rings (SSSR count). The lowest BCUT2D eigenvalue weighted by atomic mass is 9.53. The Balaban J connectivity index is 1.12. The van der Waals surface area contributed by atoms with Gasteiger partial charge >= 0.3 is 0 Å². The molecule has 1 saturated heterocycles. The summed E-state index contributed by atoms with van der Waals surface area (Å²) in [6.45, 7) is 6.17. The molecule has 1 aromatic carbocycles. The van der Waals surface area contributed by atoms with Crippen LogP contribution >= 0.6 is 0 Å². The third-order valence-corrected chi connectivity index (χ3v) is 8.60. The lowest BCUT2D eigenvalue weighted by Crippen LogP contribution is -2.61. The van der Waals surface area contributed by atoms with Crippen molar-refractivity contribution in [1.29, 1.82) is 0 Å². The second-order valence-electron chi connectivity index (χ2n) is 11.2. The van der Waals surface area contributed by atoms with Crippen LogP contribution in [0.2, 0.25) is 0 Å². The van der Waals surface area contributed by atoms with Gasteiger partial charge in [-0.2, -0.15) is 0 Å². The monoisotopic (exact) mass is 409 g/mol. The van der Waals surface area contributed by atoms with Gasteiger partial charge in [0.05, 0.1) is 6.54 Å². The van der Waals surface area contributed by atoms with Crippen molar-refractivity contribution in [2.45, 2.75) is 70.0 Å². The molecular formula is C26H39N3O. The Hall–Kier alpha value is -1.39. The van der Waals surface area contributed by atoms with Crippen molar-refractivity contribution in [2.75, 3.05) is 26.7 Å². The minimum Gasteiger partial charge on any atom is -0.350 e. The van der Waals surface area contributed by atoms with Crippen molar-refractivity contribution >= 4 is 5.91 Å². The summed E-state index contributed by atoms with van der Waals surface area (Å²) in [5, 5.41) is 3.56. The zero-order valence-corrected chi connectivity index (χ0v) is 18.9. The third kappa shape index (κ3) is 4.31. The summed E-state index contributed by atoms with van der Waals surface area (Å²) < 4.78 is 0. The van der Waals surface area contributed by atoms with Gasteiger partial charge in [0.2, 0.25) is 5.91 Å². The second-order valence-corrected chi connectivity index (χ2v) is 11.2. The molecule has 164 valence electrons. The summed E-state index contributed by atoms with van der Waals surface area (Å²) in [6, 6.07) is 11.3. The van der Waals surface area contributed by atoms with Crippen LogP contribution in [0.3, 0.4) is 0 Å². The highest BCUT2D eigenvalue weighted by Crippen LogP contribution is 2.55. The van der Waals surface area contributed by atoms with Gasteiger partial charge in [0.1, 0.15) is 0 Å². The first-order valence-corrected chi connectivity index (χ1v) is 12.3. The van der Waals surface area contributed by atoms with Gasteiger partial charge in [0, 0.05) is 24.7 Å². The molecule has 1 aliphatic heterocycles. The first-order chi connectivity index (χ1) is 14.5. The minimum atomic E-state index is 0.136. The zero-order valence-electron chi connectivity index (χ0n) is 18.9. The summed E-state index contributed by atoms with van der Waals surface area (Å²) in [5.74, 6) is 3.48. The highest BCUT2D eigenvalue weighted by atomic mass is 16.2. The molecule has 0 spiro atoms. The molecule has 4 bridgehead atoms. The Bertz CT molecular complexity index is 713. The van der Waals surface area contributed by atoms with Gasteiger partial charge in [-0.3, -0.25) is 14.6 Å². The fourth-order valence-corrected chi connectivity index (χ4v) is 7.80. The molecule has 4 aliphatic carbocycles. The largest absolute Gasteiger partial charge is 0.350 e. The molecule has 1 aromatic rings. The molecular weight excluding hydrogens is 370 g/mol. The molecule has 0 unspecified atom stereocenters. The van der Waals surface area contributed by atoms with Gasteiger partial charge < -0.3 is 5.32 Å². The number of likely N-dealkylation sites (N-methyl/N-ethyl adjacent to an activating group) is 1. The predicted octanol–water partition coefficient (Wildman–Crippen LogP) is 3.91. The van der Waals surface area contributed by atoms with Crippen LogP contribution in [0.4, 0.5) is 0 Å². The molecule has 1 heterocycles. The Morgan fingerprint density at radius 2 is 1.73 bits per heavy atom. The van der Waals surface area contributed by atoms with Crippen LogP contribution in [0.25, 0.3) is 0 Å². The van der Waals surface area contributed by atoms with Crippen molar-refractivity contribution in [3.05, 3.63) is 35.9 Å². The fraction of sp³-hybridized carbons (Fsp3) is 0.731. The molecule has 5 fully saturated rings. The zero-order chi connectivity index (χ0) is 20.7. The number of hydrogen-bond acceptors (Lipinski definition) is 3. The average molecular weight is 410 g/mol. The van der Waals surface area contributed by atoms with E-state index in [2.05, 4.69) is 59.4 Å². The molecule has 0 aromatic heterocycles. The molecule has 30 heavy (non-hydrogen) atoms. The van der Waals surface area contributed by atoms with Crippen LogP contribution in [0.5, 0.6) is 0 Å². The van der Waals surface area contributed by atoms with Gasteiger partial charge in [0.15, 0.2) is 0 Å². The van der Waals surface area contributed by atoms with Crippen molar-refractivity contribution < 1.29 is 4.79 Å². The number of likely N-dealkylation sites (tertiary alicyclic amines) is 1. The number of nitrogens with zero attached hydrogens (tertiary/aromatic N) is 2. The summed E-state index contributed by atoms with van der Waals surface area (Å²) in [6.07, 6.45) is 9.14. The smallest absolute Gasteiger partial charge is 0.234 e. The van der Waals surface area contributed by atoms with Gasteiger partial charge in [-0.05, 0) is 87.8 Å². The van der Waals surface area contributed by atoms with Crippen molar-refractivity contribution in [3.8, 4) is 0 Å². The van der Waals surface area contributed by atoms with Gasteiger partial charge in [-0.25, -0.2) is 0 Å². The van der Waals surface area contributed by atoms with Crippen LogP contribution in [-0.4, -0.2) is 54.0 Å². The van der Waals surface area contributed by atoms with E-state index in [4.69, 9.17) is 0 Å². The maximum atomic E-state index is 13.0. The lowest BCUT2D eigenvalue weighted by Gasteiger charge is -2.57. The molecule has 1 amide bonds. The number of hydrogen-bond donors (Lipinski definition) is 1. The molecule has 1 N–H and O–H groups in total. The predicted molar refractivity (Wildman–Crippen MR) is 121 cm³/mol. The Kier molecular flexibility index (Phi) is 5.66. The van der Waals surface area contributed by atoms with Crippen molar-refractivity contribution in [2.24, 2.45) is 23.7 Å². The van der Waals surface area contributed by atoms with Crippen LogP contribution in [0.15, 0.2) is 30.3 Å². The van der Waals surface area contributed by atoms with E-state index in [1.54, 1.807) is 0 Å². The number of rotatable bonds is 6. The summed E-state index contributed by atoms with van der Waals surface area (Å²) in [5.41, 5.74) is 1.53. The number of piperidine rings is 1. The summed E-state index contributed by atoms with van der Waals surface area (Å²) in [7, 11) is 2.16. The number of nitrogens with one attached hydrogen (secondary N) is 1. The van der Waals surface area contributed by atoms with Crippen LogP contribution in [0, 0.1) is 23.7 Å². The Morgan fingerprint density at radius 3 is 2.33 bits per heavy atom. The van der Waals surface area contributed by atoms with Crippen LogP contribution in [-0.2, 0) is 11.3 Å². The van der Waals surface area contributed by atoms with Gasteiger partial charge in [0.25, 0.3) is 0 Å². The van der Waals surface area contributed by atoms with Crippen molar-refractivity contribution in [1.82, 2.24) is 15.1 Å². The van der Waals surface area contributed by atoms with E-state index in [0.717, 1.165) is 43.8 Å². The van der Waals surface area contributed by atoms with Crippen molar-refractivity contribution in [3.63, 3.8) is 0 Å². The van der Waals surface area contributed by atoms with Gasteiger partial charge in [-0.1, -0.05) is 37.3 Å². The SMILES string of the molecule is C[C@H]1CN(Cc2ccccc2)CC[C@@H]1N(C)CC(=O)NC12CC3CC(CC(C3)C1)C2. The number of carbonyl (C=O) groups excluding carboxylic acids is 1. The molecule has 4 heteroatoms. The van der Waals surface area contributed by atoms with E-state index in [1.165, 1.54) is 44.1 Å². The lowest BCUT2D eigenvalue weighted by molar-refractivity contribution is -0.128. The molecule has 4 saturated carbocycles. The normalized spacial score (nSPS) is 38.2. The first-order valence-electron chi connectivity index (χ1n) is 12.3. The van der Waals surface area contributed by atoms with Crippen LogP contribution < -0.4 is 5.32 Å². The molecule has 0 radical (unpaired) electrons. The molecule has 2 atom stereocenters. The van der Waals surface area contributed by atoms with E-state index in [-0.39, 0.29) is 11.4 Å². The quantitative estimate of drug-likeness (QED) is 0.774. The minimum absolute atomic E-state index is 0.136. The number of carbonyl (C=O) groups is 1. The molecule has 4 nitrogen and oxygen atoms in total. The van der Waals surface area contributed by atoms with Crippen LogP contribution in [0.1, 0.15) is 57.4 Å². The molecule has 5 aliphatic rings. The summed E-state index contributed by atoms with van der Waals surface area (Å²) in [4.78, 5) is 17.9. The highest BCUT2D eigenvalue weighted by molar-refractivity contribution is 5.79. The van der Waals surface area contributed by atoms with E-state index >= 15 is 0 Å². The fourth-order valence-electron chi connectivity index (χ4n) is 7.80. The maximum absolute atomic E-state index is 13.0. The Morgan fingerprint density at radius 1 is 1.10 bits per heavy atom. The topological polar surface area (TPSA) is 35.6 Å². The van der Waals surface area contributed by atoms with Gasteiger partial charge in [-0.15, -0.1) is 0 Å². The summed E-state index contributed by atoms with van der Waals surface area (Å²) >= 11 is 0. The highest BCUT2D eigenvalue weighted by Gasteiger charge is 2.51. The average Bonchev–Trinajstić information content (AvgIpc) is 2.67. The standard InChI is InChI=1S/C26H39N3O/c1-19-16-29(17-20-6-4-3-5-7-20)9-8-24(19)28(2)18-25(30)27-26-13-21-10-22(14-26)12-23(11-21)15-26/h3-7,19,21-24H,8-18H2,1-2H3,(H,27,30)/t19-,21?,22?,23?,24-,26?/m0/s1. The number of benzene rings is 1. The van der Waals surface area contributed by atoms with E-state index in [9.17, 15) is 4.79 Å². The number of amides is 1. The van der Waals surface area contributed by atoms with E-state index < -0.39 is 0 Å². The maximum Gasteiger partial charge on any atom is 0.234 e.